The molecule has 4 nitrogen and oxygen atoms in total. The third kappa shape index (κ3) is 2.94. The molecule has 0 saturated carbocycles. The highest BCUT2D eigenvalue weighted by atomic mass is 32.1. The number of aryl methyl sites for hydroxylation is 1. The average molecular weight is 251 g/mol. The Morgan fingerprint density at radius 2 is 2.35 bits per heavy atom. The van der Waals surface area contributed by atoms with Gasteiger partial charge in [0.15, 0.2) is 6.61 Å². The molecule has 5 heteroatoms. The van der Waals surface area contributed by atoms with Gasteiger partial charge in [0.2, 0.25) is 0 Å². The topological polar surface area (TPSA) is 59.4 Å². The zero-order chi connectivity index (χ0) is 12.3. The van der Waals surface area contributed by atoms with E-state index >= 15 is 0 Å². The summed E-state index contributed by atoms with van der Waals surface area (Å²) in [5.41, 5.74) is 0.945. The van der Waals surface area contributed by atoms with Crippen LogP contribution in [-0.2, 0) is 11.2 Å². The Labute approximate surface area is 103 Å². The van der Waals surface area contributed by atoms with Gasteiger partial charge in [-0.3, -0.25) is 0 Å². The second-order valence-corrected chi connectivity index (χ2v) is 4.78. The summed E-state index contributed by atoms with van der Waals surface area (Å²) in [6.07, 6.45) is 2.05. The number of aliphatic carboxylic acids is 1. The minimum Gasteiger partial charge on any atom is -0.482 e. The predicted molar refractivity (Wildman–Crippen MR) is 66.7 cm³/mol. The summed E-state index contributed by atoms with van der Waals surface area (Å²) in [5, 5.41) is 9.64. The smallest absolute Gasteiger partial charge is 0.341 e. The zero-order valence-electron chi connectivity index (χ0n) is 9.47. The molecule has 1 N–H and O–H groups in total. The number of hydrogen-bond donors (Lipinski definition) is 1. The van der Waals surface area contributed by atoms with E-state index in [0.717, 1.165) is 28.1 Å². The molecule has 0 fully saturated rings. The molecule has 90 valence electrons. The van der Waals surface area contributed by atoms with Crippen molar-refractivity contribution in [2.75, 3.05) is 6.61 Å². The van der Waals surface area contributed by atoms with Crippen LogP contribution in [0, 0.1) is 0 Å². The van der Waals surface area contributed by atoms with Crippen molar-refractivity contribution in [1.29, 1.82) is 0 Å². The molecule has 0 unspecified atom stereocenters. The Balaban J connectivity index is 2.20. The van der Waals surface area contributed by atoms with Crippen molar-refractivity contribution in [2.24, 2.45) is 0 Å². The van der Waals surface area contributed by atoms with Gasteiger partial charge in [0, 0.05) is 0 Å². The number of rotatable bonds is 5. The summed E-state index contributed by atoms with van der Waals surface area (Å²) in [5.74, 6) is -0.396. The quantitative estimate of drug-likeness (QED) is 0.887. The van der Waals surface area contributed by atoms with Crippen LogP contribution in [0.4, 0.5) is 0 Å². The molecule has 0 spiro atoms. The number of hydrogen-bond acceptors (Lipinski definition) is 4. The van der Waals surface area contributed by atoms with Crippen molar-refractivity contribution in [2.45, 2.75) is 19.8 Å². The van der Waals surface area contributed by atoms with Crippen LogP contribution < -0.4 is 4.74 Å². The molecular formula is C12H13NO3S. The van der Waals surface area contributed by atoms with E-state index in [0.29, 0.717) is 5.75 Å². The second kappa shape index (κ2) is 5.14. The number of nitrogens with zero attached hydrogens (tertiary/aromatic N) is 1. The lowest BCUT2D eigenvalue weighted by atomic mass is 10.3. The normalized spacial score (nSPS) is 10.6. The monoisotopic (exact) mass is 251 g/mol. The number of aromatic nitrogens is 1. The fraction of sp³-hybridized carbons (Fsp3) is 0.333. The largest absolute Gasteiger partial charge is 0.482 e. The van der Waals surface area contributed by atoms with Gasteiger partial charge in [-0.1, -0.05) is 6.92 Å². The van der Waals surface area contributed by atoms with Gasteiger partial charge in [0.05, 0.1) is 15.2 Å². The van der Waals surface area contributed by atoms with Crippen LogP contribution in [0.2, 0.25) is 0 Å². The van der Waals surface area contributed by atoms with E-state index in [4.69, 9.17) is 9.84 Å². The first-order valence-corrected chi connectivity index (χ1v) is 6.24. The zero-order valence-corrected chi connectivity index (χ0v) is 10.3. The van der Waals surface area contributed by atoms with Crippen LogP contribution in [0.5, 0.6) is 5.75 Å². The summed E-state index contributed by atoms with van der Waals surface area (Å²) >= 11 is 1.63. The first kappa shape index (κ1) is 11.9. The Bertz CT molecular complexity index is 536. The Hall–Kier alpha value is -1.62. The fourth-order valence-electron chi connectivity index (χ4n) is 1.51. The lowest BCUT2D eigenvalue weighted by molar-refractivity contribution is -0.139. The molecule has 0 saturated heterocycles. The van der Waals surface area contributed by atoms with E-state index in [1.165, 1.54) is 0 Å². The Morgan fingerprint density at radius 3 is 3.06 bits per heavy atom. The summed E-state index contributed by atoms with van der Waals surface area (Å²) in [7, 11) is 0. The maximum Gasteiger partial charge on any atom is 0.341 e. The molecule has 0 bridgehead atoms. The summed E-state index contributed by atoms with van der Waals surface area (Å²) < 4.78 is 6.16. The molecule has 17 heavy (non-hydrogen) atoms. The predicted octanol–water partition coefficient (Wildman–Crippen LogP) is 2.71. The van der Waals surface area contributed by atoms with Crippen LogP contribution in [0.3, 0.4) is 0 Å². The molecule has 0 aliphatic rings. The van der Waals surface area contributed by atoms with Gasteiger partial charge >= 0.3 is 5.97 Å². The molecule has 0 atom stereocenters. The first-order chi connectivity index (χ1) is 8.19. The molecular weight excluding hydrogens is 238 g/mol. The van der Waals surface area contributed by atoms with E-state index in [9.17, 15) is 4.79 Å². The van der Waals surface area contributed by atoms with Gasteiger partial charge in [-0.15, -0.1) is 11.3 Å². The standard InChI is InChI=1S/C12H13NO3S/c1-2-3-11-13-9-5-4-8(6-10(9)17-11)16-7-12(14)15/h4-6H,2-3,7H2,1H3,(H,14,15). The van der Waals surface area contributed by atoms with Crippen LogP contribution in [0.1, 0.15) is 18.4 Å². The SMILES string of the molecule is CCCc1nc2ccc(OCC(=O)O)cc2s1. The Morgan fingerprint density at radius 1 is 1.53 bits per heavy atom. The van der Waals surface area contributed by atoms with E-state index < -0.39 is 5.97 Å². The van der Waals surface area contributed by atoms with Crippen molar-refractivity contribution < 1.29 is 14.6 Å². The van der Waals surface area contributed by atoms with E-state index in [-0.39, 0.29) is 6.61 Å². The lowest BCUT2D eigenvalue weighted by Crippen LogP contribution is -2.09. The van der Waals surface area contributed by atoms with Crippen LogP contribution >= 0.6 is 11.3 Å². The number of fused-ring (bicyclic) bond motifs is 1. The van der Waals surface area contributed by atoms with Gasteiger partial charge in [-0.2, -0.15) is 0 Å². The van der Waals surface area contributed by atoms with Gasteiger partial charge < -0.3 is 9.84 Å². The molecule has 2 rings (SSSR count). The van der Waals surface area contributed by atoms with Crippen molar-refractivity contribution >= 4 is 27.5 Å². The lowest BCUT2D eigenvalue weighted by Gasteiger charge is -2.01. The van der Waals surface area contributed by atoms with Crippen molar-refractivity contribution in [3.63, 3.8) is 0 Å². The number of thiazole rings is 1. The van der Waals surface area contributed by atoms with E-state index in [1.807, 2.05) is 12.1 Å². The molecule has 1 aromatic carbocycles. The third-order valence-corrected chi connectivity index (χ3v) is 3.31. The van der Waals surface area contributed by atoms with Gasteiger partial charge in [-0.05, 0) is 31.0 Å². The van der Waals surface area contributed by atoms with Crippen molar-refractivity contribution in [3.8, 4) is 5.75 Å². The van der Waals surface area contributed by atoms with Crippen molar-refractivity contribution in [1.82, 2.24) is 4.98 Å². The second-order valence-electron chi connectivity index (χ2n) is 3.67. The van der Waals surface area contributed by atoms with Crippen molar-refractivity contribution in [3.05, 3.63) is 23.2 Å². The highest BCUT2D eigenvalue weighted by molar-refractivity contribution is 7.18. The van der Waals surface area contributed by atoms with Crippen LogP contribution in [-0.4, -0.2) is 22.7 Å². The van der Waals surface area contributed by atoms with Gasteiger partial charge in [0.25, 0.3) is 0 Å². The number of carboxylic acid groups (broad SMARTS) is 1. The van der Waals surface area contributed by atoms with Gasteiger partial charge in [-0.25, -0.2) is 9.78 Å². The minimum atomic E-state index is -0.971. The molecule has 1 aromatic heterocycles. The molecule has 2 aromatic rings. The number of benzene rings is 1. The minimum absolute atomic E-state index is 0.313. The highest BCUT2D eigenvalue weighted by Crippen LogP contribution is 2.26. The maximum absolute atomic E-state index is 10.4. The number of carboxylic acids is 1. The van der Waals surface area contributed by atoms with E-state index in [2.05, 4.69) is 11.9 Å². The fourth-order valence-corrected chi connectivity index (χ4v) is 2.61. The summed E-state index contributed by atoms with van der Waals surface area (Å²) in [4.78, 5) is 14.9. The molecule has 0 amide bonds. The number of carbonyl (C=O) groups is 1. The van der Waals surface area contributed by atoms with E-state index in [1.54, 1.807) is 17.4 Å². The summed E-state index contributed by atoms with van der Waals surface area (Å²) in [6, 6.07) is 5.46. The van der Waals surface area contributed by atoms with Gasteiger partial charge in [0.1, 0.15) is 5.75 Å². The molecule has 1 heterocycles. The summed E-state index contributed by atoms with van der Waals surface area (Å²) in [6.45, 7) is 1.81. The van der Waals surface area contributed by atoms with Crippen LogP contribution in [0.15, 0.2) is 18.2 Å². The maximum atomic E-state index is 10.4. The molecule has 0 aliphatic carbocycles. The average Bonchev–Trinajstić information content (AvgIpc) is 2.68. The highest BCUT2D eigenvalue weighted by Gasteiger charge is 2.05. The molecule has 0 radical (unpaired) electrons. The third-order valence-electron chi connectivity index (χ3n) is 2.23. The first-order valence-electron chi connectivity index (χ1n) is 5.43. The Kier molecular flexibility index (Phi) is 3.58. The molecule has 0 aliphatic heterocycles. The van der Waals surface area contributed by atoms with Crippen LogP contribution in [0.25, 0.3) is 10.2 Å². The number of ether oxygens (including phenoxy) is 1.